The lowest BCUT2D eigenvalue weighted by atomic mass is 10.1. The number of ether oxygens (including phenoxy) is 2. The lowest BCUT2D eigenvalue weighted by Crippen LogP contribution is -2.29. The molecule has 1 fully saturated rings. The van der Waals surface area contributed by atoms with Crippen LogP contribution in [-0.4, -0.2) is 43.6 Å². The molecule has 0 spiro atoms. The first-order valence-electron chi connectivity index (χ1n) is 7.81. The van der Waals surface area contributed by atoms with Crippen molar-refractivity contribution < 1.29 is 23.9 Å². The summed E-state index contributed by atoms with van der Waals surface area (Å²) in [5.74, 6) is -0.416. The average molecular weight is 330 g/mol. The van der Waals surface area contributed by atoms with Crippen LogP contribution in [0.15, 0.2) is 36.5 Å². The molecular weight excluding hydrogens is 312 g/mol. The molecule has 2 heterocycles. The van der Waals surface area contributed by atoms with Crippen LogP contribution in [-0.2, 0) is 19.1 Å². The molecule has 126 valence electrons. The SMILES string of the molecule is CCOC(=O)[C@H]1CN(c2ccc(N3C=CC(=O)CC3)cc2)C(=O)O1. The second-order valence-corrected chi connectivity index (χ2v) is 5.48. The molecule has 1 aromatic carbocycles. The largest absolute Gasteiger partial charge is 0.463 e. The van der Waals surface area contributed by atoms with Crippen molar-refractivity contribution in [3.8, 4) is 0 Å². The van der Waals surface area contributed by atoms with Crippen LogP contribution in [0.5, 0.6) is 0 Å². The summed E-state index contributed by atoms with van der Waals surface area (Å²) in [6.45, 7) is 2.71. The highest BCUT2D eigenvalue weighted by Crippen LogP contribution is 2.26. The van der Waals surface area contributed by atoms with Crippen molar-refractivity contribution in [3.63, 3.8) is 0 Å². The zero-order valence-corrected chi connectivity index (χ0v) is 13.3. The average Bonchev–Trinajstić information content (AvgIpc) is 2.98. The van der Waals surface area contributed by atoms with Crippen molar-refractivity contribution in [2.45, 2.75) is 19.4 Å². The quantitative estimate of drug-likeness (QED) is 0.785. The second kappa shape index (κ2) is 6.74. The normalized spacial score (nSPS) is 20.3. The van der Waals surface area contributed by atoms with Gasteiger partial charge in [0.1, 0.15) is 0 Å². The van der Waals surface area contributed by atoms with Gasteiger partial charge in [0.05, 0.1) is 13.2 Å². The van der Waals surface area contributed by atoms with Crippen molar-refractivity contribution in [2.75, 3.05) is 29.5 Å². The molecule has 0 unspecified atom stereocenters. The monoisotopic (exact) mass is 330 g/mol. The van der Waals surface area contributed by atoms with Crippen LogP contribution in [0.2, 0.25) is 0 Å². The van der Waals surface area contributed by atoms with E-state index in [0.717, 1.165) is 5.69 Å². The van der Waals surface area contributed by atoms with Crippen molar-refractivity contribution in [2.24, 2.45) is 0 Å². The number of carbonyl (C=O) groups is 3. The van der Waals surface area contributed by atoms with E-state index in [4.69, 9.17) is 9.47 Å². The minimum Gasteiger partial charge on any atom is -0.463 e. The topological polar surface area (TPSA) is 76.2 Å². The van der Waals surface area contributed by atoms with Crippen LogP contribution >= 0.6 is 0 Å². The first-order chi connectivity index (χ1) is 11.6. The van der Waals surface area contributed by atoms with Crippen molar-refractivity contribution >= 4 is 29.2 Å². The molecule has 0 bridgehead atoms. The van der Waals surface area contributed by atoms with Gasteiger partial charge in [0.25, 0.3) is 0 Å². The van der Waals surface area contributed by atoms with E-state index in [1.165, 1.54) is 4.90 Å². The van der Waals surface area contributed by atoms with E-state index >= 15 is 0 Å². The molecule has 0 aliphatic carbocycles. The maximum atomic E-state index is 12.0. The van der Waals surface area contributed by atoms with E-state index in [0.29, 0.717) is 18.7 Å². The third-order valence-corrected chi connectivity index (χ3v) is 3.89. The Morgan fingerprint density at radius 3 is 2.58 bits per heavy atom. The first kappa shape index (κ1) is 16.0. The highest BCUT2D eigenvalue weighted by molar-refractivity contribution is 5.94. The zero-order valence-electron chi connectivity index (χ0n) is 13.3. The summed E-state index contributed by atoms with van der Waals surface area (Å²) in [6, 6.07) is 7.30. The lowest BCUT2D eigenvalue weighted by molar-refractivity contribution is -0.151. The molecule has 0 radical (unpaired) electrons. The molecule has 0 N–H and O–H groups in total. The van der Waals surface area contributed by atoms with Gasteiger partial charge in [-0.2, -0.15) is 0 Å². The van der Waals surface area contributed by atoms with E-state index < -0.39 is 18.2 Å². The Labute approximate surface area is 139 Å². The van der Waals surface area contributed by atoms with Gasteiger partial charge in [-0.3, -0.25) is 9.69 Å². The number of benzene rings is 1. The van der Waals surface area contributed by atoms with Gasteiger partial charge in [0.15, 0.2) is 5.78 Å². The molecule has 3 rings (SSSR count). The zero-order chi connectivity index (χ0) is 17.1. The first-order valence-corrected chi connectivity index (χ1v) is 7.81. The number of hydrogen-bond acceptors (Lipinski definition) is 6. The third-order valence-electron chi connectivity index (χ3n) is 3.89. The number of nitrogens with zero attached hydrogens (tertiary/aromatic N) is 2. The molecule has 2 aliphatic heterocycles. The van der Waals surface area contributed by atoms with Crippen molar-refractivity contribution in [1.82, 2.24) is 0 Å². The van der Waals surface area contributed by atoms with Gasteiger partial charge in [-0.05, 0) is 37.3 Å². The molecule has 1 aromatic rings. The molecule has 1 saturated heterocycles. The Hall–Kier alpha value is -2.83. The van der Waals surface area contributed by atoms with Crippen LogP contribution in [0.4, 0.5) is 16.2 Å². The molecule has 2 aliphatic rings. The smallest absolute Gasteiger partial charge is 0.415 e. The fraction of sp³-hybridized carbons (Fsp3) is 0.353. The van der Waals surface area contributed by atoms with E-state index in [1.54, 1.807) is 31.3 Å². The number of carbonyl (C=O) groups excluding carboxylic acids is 3. The van der Waals surface area contributed by atoms with Gasteiger partial charge in [0.2, 0.25) is 6.10 Å². The van der Waals surface area contributed by atoms with E-state index in [-0.39, 0.29) is 18.9 Å². The number of anilines is 2. The maximum Gasteiger partial charge on any atom is 0.415 e. The summed E-state index contributed by atoms with van der Waals surface area (Å²) in [7, 11) is 0. The number of ketones is 1. The minimum atomic E-state index is -0.895. The highest BCUT2D eigenvalue weighted by atomic mass is 16.6. The van der Waals surface area contributed by atoms with Crippen LogP contribution in [0.25, 0.3) is 0 Å². The van der Waals surface area contributed by atoms with Gasteiger partial charge in [-0.15, -0.1) is 0 Å². The Kier molecular flexibility index (Phi) is 4.50. The summed E-state index contributed by atoms with van der Waals surface area (Å²) >= 11 is 0. The summed E-state index contributed by atoms with van der Waals surface area (Å²) in [5.41, 5.74) is 1.57. The molecule has 24 heavy (non-hydrogen) atoms. The second-order valence-electron chi connectivity index (χ2n) is 5.48. The van der Waals surface area contributed by atoms with E-state index in [9.17, 15) is 14.4 Å². The molecule has 0 aromatic heterocycles. The molecule has 1 amide bonds. The number of amides is 1. The highest BCUT2D eigenvalue weighted by Gasteiger charge is 2.37. The number of rotatable bonds is 4. The predicted octanol–water partition coefficient (Wildman–Crippen LogP) is 1.87. The summed E-state index contributed by atoms with van der Waals surface area (Å²) in [5, 5.41) is 0. The fourth-order valence-corrected chi connectivity index (χ4v) is 2.63. The predicted molar refractivity (Wildman–Crippen MR) is 86.8 cm³/mol. The van der Waals surface area contributed by atoms with Gasteiger partial charge in [-0.1, -0.05) is 0 Å². The summed E-state index contributed by atoms with van der Waals surface area (Å²) in [6.07, 6.45) is 2.33. The van der Waals surface area contributed by atoms with E-state index in [1.807, 2.05) is 17.0 Å². The number of hydrogen-bond donors (Lipinski definition) is 0. The molecule has 7 nitrogen and oxygen atoms in total. The van der Waals surface area contributed by atoms with Crippen LogP contribution in [0, 0.1) is 0 Å². The Morgan fingerprint density at radius 1 is 1.25 bits per heavy atom. The number of allylic oxidation sites excluding steroid dienone is 1. The third kappa shape index (κ3) is 3.24. The molecule has 0 saturated carbocycles. The van der Waals surface area contributed by atoms with Crippen LogP contribution in [0.1, 0.15) is 13.3 Å². The molecular formula is C17H18N2O5. The summed E-state index contributed by atoms with van der Waals surface area (Å²) < 4.78 is 9.94. The van der Waals surface area contributed by atoms with Crippen LogP contribution < -0.4 is 9.80 Å². The number of esters is 1. The van der Waals surface area contributed by atoms with Crippen molar-refractivity contribution in [1.29, 1.82) is 0 Å². The fourth-order valence-electron chi connectivity index (χ4n) is 2.63. The number of cyclic esters (lactones) is 1. The Morgan fingerprint density at radius 2 is 1.96 bits per heavy atom. The Balaban J connectivity index is 1.69. The maximum absolute atomic E-state index is 12.0. The van der Waals surface area contributed by atoms with Gasteiger partial charge in [0, 0.05) is 30.5 Å². The summed E-state index contributed by atoms with van der Waals surface area (Å²) in [4.78, 5) is 38.2. The van der Waals surface area contributed by atoms with Gasteiger partial charge < -0.3 is 14.4 Å². The molecule has 1 atom stereocenters. The standard InChI is InChI=1S/C17H18N2O5/c1-2-23-16(21)15-11-19(17(22)24-15)13-5-3-12(4-6-13)18-9-7-14(20)8-10-18/h3-7,9,15H,2,8,10-11H2,1H3/t15-/m1/s1. The van der Waals surface area contributed by atoms with Gasteiger partial charge in [-0.25, -0.2) is 9.59 Å². The minimum absolute atomic E-state index is 0.118. The van der Waals surface area contributed by atoms with Gasteiger partial charge >= 0.3 is 12.1 Å². The lowest BCUT2D eigenvalue weighted by Gasteiger charge is -2.23. The van der Waals surface area contributed by atoms with Crippen molar-refractivity contribution in [3.05, 3.63) is 36.5 Å². The molecule has 7 heteroatoms. The van der Waals surface area contributed by atoms with Crippen LogP contribution in [0.3, 0.4) is 0 Å². The Bertz CT molecular complexity index is 683. The van der Waals surface area contributed by atoms with E-state index in [2.05, 4.69) is 0 Å².